The van der Waals surface area contributed by atoms with Crippen LogP contribution in [-0.2, 0) is 0 Å². The van der Waals surface area contributed by atoms with Crippen molar-refractivity contribution in [1.29, 1.82) is 0 Å². The highest BCUT2D eigenvalue weighted by Crippen LogP contribution is 2.50. The van der Waals surface area contributed by atoms with E-state index in [2.05, 4.69) is 84.9 Å². The first-order valence-corrected chi connectivity index (χ1v) is 14.8. The van der Waals surface area contributed by atoms with E-state index < -0.39 is 0 Å². The molecule has 0 spiro atoms. The third-order valence-corrected chi connectivity index (χ3v) is 8.63. The summed E-state index contributed by atoms with van der Waals surface area (Å²) in [6.45, 7) is 0. The second-order valence-corrected chi connectivity index (χ2v) is 11.2. The fourth-order valence-corrected chi connectivity index (χ4v) is 6.61. The van der Waals surface area contributed by atoms with Crippen molar-refractivity contribution in [1.82, 2.24) is 15.0 Å². The Morgan fingerprint density at radius 1 is 0.409 bits per heavy atom. The molecule has 9 rings (SSSR count). The second kappa shape index (κ2) is 9.85. The zero-order chi connectivity index (χ0) is 29.0. The van der Waals surface area contributed by atoms with Crippen LogP contribution >= 0.6 is 0 Å². The molecule has 6 aromatic carbocycles. The maximum Gasteiger partial charge on any atom is 0.164 e. The molecule has 4 nitrogen and oxygen atoms in total. The van der Waals surface area contributed by atoms with Crippen LogP contribution in [0.15, 0.2) is 150 Å². The van der Waals surface area contributed by atoms with E-state index in [9.17, 15) is 0 Å². The summed E-state index contributed by atoms with van der Waals surface area (Å²) in [6, 6.07) is 50.3. The lowest BCUT2D eigenvalue weighted by Crippen LogP contribution is -2.00. The molecule has 0 aliphatic heterocycles. The Balaban J connectivity index is 1.21. The van der Waals surface area contributed by atoms with E-state index in [4.69, 9.17) is 19.4 Å². The molecule has 0 radical (unpaired) electrons. The van der Waals surface area contributed by atoms with Gasteiger partial charge in [0.05, 0.1) is 0 Å². The first kappa shape index (κ1) is 24.7. The topological polar surface area (TPSA) is 51.8 Å². The average Bonchev–Trinajstić information content (AvgIpc) is 3.64. The lowest BCUT2D eigenvalue weighted by molar-refractivity contribution is 0.661. The van der Waals surface area contributed by atoms with E-state index >= 15 is 0 Å². The van der Waals surface area contributed by atoms with Gasteiger partial charge in [-0.1, -0.05) is 133 Å². The van der Waals surface area contributed by atoms with E-state index in [1.165, 1.54) is 27.8 Å². The summed E-state index contributed by atoms with van der Waals surface area (Å²) in [4.78, 5) is 14.7. The molecular formula is C40H25N3O. The van der Waals surface area contributed by atoms with Crippen LogP contribution in [0.25, 0.3) is 67.2 Å². The van der Waals surface area contributed by atoms with Crippen molar-refractivity contribution in [2.75, 3.05) is 0 Å². The number of rotatable bonds is 4. The predicted molar refractivity (Wildman–Crippen MR) is 176 cm³/mol. The van der Waals surface area contributed by atoms with Crippen molar-refractivity contribution in [2.45, 2.75) is 5.92 Å². The molecule has 2 heterocycles. The van der Waals surface area contributed by atoms with Gasteiger partial charge in [0.2, 0.25) is 0 Å². The smallest absolute Gasteiger partial charge is 0.164 e. The fourth-order valence-electron chi connectivity index (χ4n) is 6.61. The van der Waals surface area contributed by atoms with Gasteiger partial charge in [-0.25, -0.2) is 15.0 Å². The highest BCUT2D eigenvalue weighted by atomic mass is 16.3. The maximum absolute atomic E-state index is 6.75. The van der Waals surface area contributed by atoms with E-state index in [-0.39, 0.29) is 5.92 Å². The van der Waals surface area contributed by atoms with Gasteiger partial charge in [0.15, 0.2) is 17.5 Å². The summed E-state index contributed by atoms with van der Waals surface area (Å²) in [5, 5.41) is 2.18. The number of para-hydroxylation sites is 1. The van der Waals surface area contributed by atoms with Crippen LogP contribution in [0, 0.1) is 0 Å². The van der Waals surface area contributed by atoms with Gasteiger partial charge in [0.1, 0.15) is 11.2 Å². The number of furan rings is 1. The minimum atomic E-state index is 0.108. The van der Waals surface area contributed by atoms with Gasteiger partial charge in [0.25, 0.3) is 0 Å². The molecular weight excluding hydrogens is 538 g/mol. The first-order chi connectivity index (χ1) is 21.8. The van der Waals surface area contributed by atoms with Crippen molar-refractivity contribution >= 4 is 21.9 Å². The highest BCUT2D eigenvalue weighted by molar-refractivity contribution is 6.07. The summed E-state index contributed by atoms with van der Waals surface area (Å²) in [5.74, 6) is 2.00. The van der Waals surface area contributed by atoms with Crippen LogP contribution in [0.1, 0.15) is 22.6 Å². The largest absolute Gasteiger partial charge is 0.456 e. The molecule has 2 aromatic heterocycles. The molecule has 0 bridgehead atoms. The number of nitrogens with zero attached hydrogens (tertiary/aromatic N) is 3. The van der Waals surface area contributed by atoms with Gasteiger partial charge in [0, 0.05) is 38.9 Å². The quantitative estimate of drug-likeness (QED) is 0.214. The Labute approximate surface area is 254 Å². The van der Waals surface area contributed by atoms with Gasteiger partial charge in [-0.15, -0.1) is 0 Å². The summed E-state index contributed by atoms with van der Waals surface area (Å²) >= 11 is 0. The summed E-state index contributed by atoms with van der Waals surface area (Å²) in [5.41, 5.74) is 10.9. The Hall–Kier alpha value is -5.87. The van der Waals surface area contributed by atoms with Crippen LogP contribution in [-0.4, -0.2) is 15.0 Å². The second-order valence-electron chi connectivity index (χ2n) is 11.2. The van der Waals surface area contributed by atoms with Crippen LogP contribution in [0.3, 0.4) is 0 Å². The van der Waals surface area contributed by atoms with Crippen LogP contribution < -0.4 is 0 Å². The third kappa shape index (κ3) is 3.89. The normalized spacial score (nSPS) is 12.5. The lowest BCUT2D eigenvalue weighted by Gasteiger charge is -2.14. The molecule has 0 N–H and O–H groups in total. The fraction of sp³-hybridized carbons (Fsp3) is 0.0250. The van der Waals surface area contributed by atoms with Crippen molar-refractivity contribution in [3.8, 4) is 45.3 Å². The van der Waals surface area contributed by atoms with Crippen molar-refractivity contribution in [3.63, 3.8) is 0 Å². The number of hydrogen-bond donors (Lipinski definition) is 0. The molecule has 206 valence electrons. The van der Waals surface area contributed by atoms with Crippen molar-refractivity contribution in [3.05, 3.63) is 162 Å². The number of hydrogen-bond acceptors (Lipinski definition) is 4. The number of fused-ring (bicyclic) bond motifs is 6. The Kier molecular flexibility index (Phi) is 5.53. The molecule has 0 fully saturated rings. The lowest BCUT2D eigenvalue weighted by atomic mass is 9.88. The summed E-state index contributed by atoms with van der Waals surface area (Å²) < 4.78 is 6.75. The molecule has 0 saturated heterocycles. The SMILES string of the molecule is c1ccc(-c2nc(-c3ccccc3)nc(-c3ccc4c(c3)oc3c(C5c6ccccc6-c6ccccc65)cccc34)n2)cc1. The van der Waals surface area contributed by atoms with Crippen LogP contribution in [0.4, 0.5) is 0 Å². The van der Waals surface area contributed by atoms with Gasteiger partial charge >= 0.3 is 0 Å². The van der Waals surface area contributed by atoms with E-state index in [1.54, 1.807) is 0 Å². The van der Waals surface area contributed by atoms with Crippen LogP contribution in [0.5, 0.6) is 0 Å². The van der Waals surface area contributed by atoms with Gasteiger partial charge in [-0.05, 0) is 34.4 Å². The Morgan fingerprint density at radius 3 is 1.55 bits per heavy atom. The minimum absolute atomic E-state index is 0.108. The molecule has 0 saturated carbocycles. The van der Waals surface area contributed by atoms with Gasteiger partial charge in [-0.2, -0.15) is 0 Å². The highest BCUT2D eigenvalue weighted by Gasteiger charge is 2.31. The Bertz CT molecular complexity index is 2240. The minimum Gasteiger partial charge on any atom is -0.456 e. The van der Waals surface area contributed by atoms with Crippen molar-refractivity contribution in [2.24, 2.45) is 0 Å². The molecule has 0 amide bonds. The molecule has 1 aliphatic rings. The number of benzene rings is 6. The predicted octanol–water partition coefficient (Wildman–Crippen LogP) is 9.93. The Morgan fingerprint density at radius 2 is 0.932 bits per heavy atom. The number of aromatic nitrogens is 3. The van der Waals surface area contributed by atoms with E-state index in [0.717, 1.165) is 38.6 Å². The third-order valence-electron chi connectivity index (χ3n) is 8.63. The molecule has 0 unspecified atom stereocenters. The summed E-state index contributed by atoms with van der Waals surface area (Å²) in [7, 11) is 0. The monoisotopic (exact) mass is 563 g/mol. The molecule has 4 heteroatoms. The van der Waals surface area contributed by atoms with Crippen LogP contribution in [0.2, 0.25) is 0 Å². The molecule has 44 heavy (non-hydrogen) atoms. The zero-order valence-corrected chi connectivity index (χ0v) is 23.7. The van der Waals surface area contributed by atoms with Crippen molar-refractivity contribution < 1.29 is 4.42 Å². The standard InChI is InChI=1S/C40H25N3O/c1-3-12-25(13-4-1)38-41-39(26-14-5-2-6-15-26)43-40(42-38)27-22-23-30-33-20-11-21-34(37(33)44-35(30)24-27)36-31-18-9-7-16-28(31)29-17-8-10-19-32(29)36/h1-24,36H. The van der Waals surface area contributed by atoms with E-state index in [1.807, 2.05) is 60.7 Å². The first-order valence-electron chi connectivity index (χ1n) is 14.8. The zero-order valence-electron chi connectivity index (χ0n) is 23.7. The molecule has 0 atom stereocenters. The summed E-state index contributed by atoms with van der Waals surface area (Å²) in [6.07, 6.45) is 0. The van der Waals surface area contributed by atoms with Gasteiger partial charge in [-0.3, -0.25) is 0 Å². The van der Waals surface area contributed by atoms with Gasteiger partial charge < -0.3 is 4.42 Å². The van der Waals surface area contributed by atoms with E-state index in [0.29, 0.717) is 17.5 Å². The maximum atomic E-state index is 6.75. The average molecular weight is 564 g/mol. The molecule has 8 aromatic rings. The molecule has 1 aliphatic carbocycles.